The molecular weight excluding hydrogens is 394 g/mol. The predicted octanol–water partition coefficient (Wildman–Crippen LogP) is 3.27. The van der Waals surface area contributed by atoms with Gasteiger partial charge in [-0.15, -0.1) is 11.3 Å². The Morgan fingerprint density at radius 1 is 1.17 bits per heavy atom. The van der Waals surface area contributed by atoms with Crippen LogP contribution >= 0.6 is 11.3 Å². The van der Waals surface area contributed by atoms with E-state index < -0.39 is 0 Å². The van der Waals surface area contributed by atoms with Gasteiger partial charge in [-0.3, -0.25) is 4.79 Å². The Kier molecular flexibility index (Phi) is 5.08. The van der Waals surface area contributed by atoms with Crippen molar-refractivity contribution in [1.29, 1.82) is 0 Å². The van der Waals surface area contributed by atoms with Crippen LogP contribution in [0.25, 0.3) is 10.2 Å². The standard InChI is InChI=1S/C23H27N5OS/c1-14-2-7-19-20(24)21(30-23(19)26-14)22(29)27-17-12-16(13-17)15-3-5-18(6-4-15)28-10-8-25-9-11-28/h2-7,16-17,25H,8-13,24H2,1H3,(H,27,29)/t16-,17+. The lowest BCUT2D eigenvalue weighted by Crippen LogP contribution is -2.44. The van der Waals surface area contributed by atoms with Crippen molar-refractivity contribution in [2.24, 2.45) is 0 Å². The van der Waals surface area contributed by atoms with Crippen LogP contribution in [0.4, 0.5) is 11.4 Å². The van der Waals surface area contributed by atoms with Crippen LogP contribution < -0.4 is 21.3 Å². The minimum Gasteiger partial charge on any atom is -0.397 e. The summed E-state index contributed by atoms with van der Waals surface area (Å²) in [6.07, 6.45) is 1.95. The van der Waals surface area contributed by atoms with Gasteiger partial charge in [-0.05, 0) is 55.5 Å². The molecule has 0 atom stereocenters. The molecule has 4 N–H and O–H groups in total. The van der Waals surface area contributed by atoms with Gasteiger partial charge in [0, 0.05) is 49.0 Å². The SMILES string of the molecule is Cc1ccc2c(N)c(C(=O)N[C@H]3C[C@@H](c4ccc(N5CCNCC5)cc4)C3)sc2n1. The summed E-state index contributed by atoms with van der Waals surface area (Å²) in [5.41, 5.74) is 10.4. The van der Waals surface area contributed by atoms with Crippen LogP contribution in [0.1, 0.15) is 39.7 Å². The van der Waals surface area contributed by atoms with Crippen LogP contribution in [-0.4, -0.2) is 43.1 Å². The number of nitrogens with one attached hydrogen (secondary N) is 2. The van der Waals surface area contributed by atoms with Crippen molar-refractivity contribution in [1.82, 2.24) is 15.6 Å². The summed E-state index contributed by atoms with van der Waals surface area (Å²) in [4.78, 5) is 21.1. The molecule has 0 unspecified atom stereocenters. The summed E-state index contributed by atoms with van der Waals surface area (Å²) in [7, 11) is 0. The van der Waals surface area contributed by atoms with Crippen molar-refractivity contribution in [3.05, 3.63) is 52.5 Å². The van der Waals surface area contributed by atoms with Gasteiger partial charge in [0.15, 0.2) is 0 Å². The molecule has 5 rings (SSSR count). The number of pyridine rings is 1. The summed E-state index contributed by atoms with van der Waals surface area (Å²) >= 11 is 1.38. The summed E-state index contributed by atoms with van der Waals surface area (Å²) in [5, 5.41) is 7.42. The zero-order chi connectivity index (χ0) is 20.7. The quantitative estimate of drug-likeness (QED) is 0.602. The average molecular weight is 422 g/mol. The second kappa shape index (κ2) is 7.89. The summed E-state index contributed by atoms with van der Waals surface area (Å²) in [5.74, 6) is 0.433. The second-order valence-corrected chi connectivity index (χ2v) is 9.32. The Balaban J connectivity index is 1.19. The molecular formula is C23H27N5OS. The molecule has 2 aliphatic rings. The van der Waals surface area contributed by atoms with E-state index in [1.54, 1.807) is 0 Å². The van der Waals surface area contributed by atoms with Gasteiger partial charge in [0.05, 0.1) is 5.69 Å². The number of nitrogens with two attached hydrogens (primary N) is 1. The zero-order valence-electron chi connectivity index (χ0n) is 17.1. The third-order valence-electron chi connectivity index (χ3n) is 6.26. The maximum Gasteiger partial charge on any atom is 0.263 e. The molecule has 1 aromatic carbocycles. The number of piperazine rings is 1. The highest BCUT2D eigenvalue weighted by Crippen LogP contribution is 2.38. The first-order valence-electron chi connectivity index (χ1n) is 10.6. The lowest BCUT2D eigenvalue weighted by atomic mass is 9.76. The first kappa shape index (κ1) is 19.3. The minimum atomic E-state index is -0.0781. The van der Waals surface area contributed by atoms with E-state index in [2.05, 4.69) is 44.8 Å². The molecule has 7 heteroatoms. The average Bonchev–Trinajstić information content (AvgIpc) is 3.07. The number of hydrogen-bond donors (Lipinski definition) is 3. The summed E-state index contributed by atoms with van der Waals surface area (Å²) in [6, 6.07) is 13.0. The minimum absolute atomic E-state index is 0.0781. The van der Waals surface area contributed by atoms with Gasteiger partial charge in [0.1, 0.15) is 9.71 Å². The monoisotopic (exact) mass is 421 g/mol. The lowest BCUT2D eigenvalue weighted by Gasteiger charge is -2.36. The molecule has 3 heterocycles. The number of thiophene rings is 1. The Hall–Kier alpha value is -2.64. The van der Waals surface area contributed by atoms with Crippen molar-refractivity contribution >= 4 is 38.8 Å². The number of rotatable bonds is 4. The maximum atomic E-state index is 12.8. The van der Waals surface area contributed by atoms with Gasteiger partial charge in [-0.2, -0.15) is 0 Å². The van der Waals surface area contributed by atoms with Crippen molar-refractivity contribution in [2.45, 2.75) is 31.7 Å². The predicted molar refractivity (Wildman–Crippen MR) is 124 cm³/mol. The number of carbonyl (C=O) groups is 1. The van der Waals surface area contributed by atoms with Crippen molar-refractivity contribution < 1.29 is 4.79 Å². The number of carbonyl (C=O) groups excluding carboxylic acids is 1. The van der Waals surface area contributed by atoms with E-state index in [1.165, 1.54) is 22.6 Å². The molecule has 0 bridgehead atoms. The van der Waals surface area contributed by atoms with Gasteiger partial charge >= 0.3 is 0 Å². The number of anilines is 2. The van der Waals surface area contributed by atoms with Gasteiger partial charge in [-0.25, -0.2) is 4.98 Å². The van der Waals surface area contributed by atoms with Crippen molar-refractivity contribution in [2.75, 3.05) is 36.8 Å². The molecule has 2 fully saturated rings. The third-order valence-corrected chi connectivity index (χ3v) is 7.37. The molecule has 1 aliphatic heterocycles. The number of amides is 1. The molecule has 3 aromatic rings. The van der Waals surface area contributed by atoms with Crippen LogP contribution in [0.3, 0.4) is 0 Å². The topological polar surface area (TPSA) is 83.3 Å². The fourth-order valence-electron chi connectivity index (χ4n) is 4.40. The number of hydrogen-bond acceptors (Lipinski definition) is 6. The Bertz CT molecular complexity index is 1070. The molecule has 30 heavy (non-hydrogen) atoms. The number of nitrogen functional groups attached to an aromatic ring is 1. The van der Waals surface area contributed by atoms with Gasteiger partial charge < -0.3 is 21.3 Å². The van der Waals surface area contributed by atoms with Crippen LogP contribution in [-0.2, 0) is 0 Å². The highest BCUT2D eigenvalue weighted by atomic mass is 32.1. The Morgan fingerprint density at radius 3 is 2.63 bits per heavy atom. The van der Waals surface area contributed by atoms with Gasteiger partial charge in [-0.1, -0.05) is 12.1 Å². The molecule has 156 valence electrons. The lowest BCUT2D eigenvalue weighted by molar-refractivity contribution is 0.0914. The summed E-state index contributed by atoms with van der Waals surface area (Å²) in [6.45, 7) is 6.16. The molecule has 0 spiro atoms. The van der Waals surface area contributed by atoms with E-state index in [0.717, 1.165) is 54.9 Å². The van der Waals surface area contributed by atoms with Crippen LogP contribution in [0.5, 0.6) is 0 Å². The number of benzene rings is 1. The van der Waals surface area contributed by atoms with Crippen molar-refractivity contribution in [3.63, 3.8) is 0 Å². The van der Waals surface area contributed by atoms with E-state index in [0.29, 0.717) is 16.5 Å². The van der Waals surface area contributed by atoms with E-state index in [4.69, 9.17) is 5.73 Å². The molecule has 2 aromatic heterocycles. The van der Waals surface area contributed by atoms with Gasteiger partial charge in [0.25, 0.3) is 5.91 Å². The van der Waals surface area contributed by atoms with Crippen LogP contribution in [0.2, 0.25) is 0 Å². The Morgan fingerprint density at radius 2 is 1.90 bits per heavy atom. The zero-order valence-corrected chi connectivity index (χ0v) is 18.0. The van der Waals surface area contributed by atoms with E-state index in [-0.39, 0.29) is 11.9 Å². The molecule has 1 saturated heterocycles. The van der Waals surface area contributed by atoms with E-state index in [1.807, 2.05) is 19.1 Å². The van der Waals surface area contributed by atoms with Crippen LogP contribution in [0.15, 0.2) is 36.4 Å². The van der Waals surface area contributed by atoms with Crippen LogP contribution in [0, 0.1) is 6.92 Å². The first-order chi connectivity index (χ1) is 14.6. The third kappa shape index (κ3) is 3.63. The largest absolute Gasteiger partial charge is 0.397 e. The smallest absolute Gasteiger partial charge is 0.263 e. The maximum absolute atomic E-state index is 12.8. The fraction of sp³-hybridized carbons (Fsp3) is 0.391. The molecule has 1 saturated carbocycles. The number of fused-ring (bicyclic) bond motifs is 1. The van der Waals surface area contributed by atoms with Gasteiger partial charge in [0.2, 0.25) is 0 Å². The molecule has 1 amide bonds. The second-order valence-electron chi connectivity index (χ2n) is 8.32. The van der Waals surface area contributed by atoms with E-state index >= 15 is 0 Å². The normalized spacial score (nSPS) is 21.4. The molecule has 0 radical (unpaired) electrons. The highest BCUT2D eigenvalue weighted by Gasteiger charge is 2.32. The summed E-state index contributed by atoms with van der Waals surface area (Å²) < 4.78 is 0. The Labute approximate surface area is 180 Å². The first-order valence-corrected chi connectivity index (χ1v) is 11.4. The molecule has 6 nitrogen and oxygen atoms in total. The number of aryl methyl sites for hydroxylation is 1. The van der Waals surface area contributed by atoms with E-state index in [9.17, 15) is 4.79 Å². The van der Waals surface area contributed by atoms with Crippen molar-refractivity contribution in [3.8, 4) is 0 Å². The highest BCUT2D eigenvalue weighted by molar-refractivity contribution is 7.21. The molecule has 1 aliphatic carbocycles. The number of aromatic nitrogens is 1. The number of nitrogens with zero attached hydrogens (tertiary/aromatic N) is 2. The fourth-order valence-corrected chi connectivity index (χ4v) is 5.44.